The Hall–Kier alpha value is -0.410. The molecule has 1 aliphatic rings. The van der Waals surface area contributed by atoms with Crippen molar-refractivity contribution < 1.29 is 9.90 Å². The van der Waals surface area contributed by atoms with Gasteiger partial charge in [0.05, 0.1) is 0 Å². The number of aliphatic hydroxyl groups is 1. The molecule has 19 heavy (non-hydrogen) atoms. The second-order valence-corrected chi connectivity index (χ2v) is 6.26. The van der Waals surface area contributed by atoms with Crippen LogP contribution in [0.1, 0.15) is 59.3 Å². The Kier molecular flexibility index (Phi) is 7.62. The van der Waals surface area contributed by atoms with Gasteiger partial charge in [-0.25, -0.2) is 0 Å². The first kappa shape index (κ1) is 16.6. The van der Waals surface area contributed by atoms with Gasteiger partial charge in [0, 0.05) is 38.1 Å². The molecule has 0 aromatic rings. The van der Waals surface area contributed by atoms with Crippen molar-refractivity contribution in [1.29, 1.82) is 0 Å². The van der Waals surface area contributed by atoms with Gasteiger partial charge in [0.25, 0.3) is 0 Å². The van der Waals surface area contributed by atoms with Gasteiger partial charge in [-0.15, -0.1) is 0 Å². The minimum absolute atomic E-state index is 0.228. The fourth-order valence-electron chi connectivity index (χ4n) is 3.17. The first-order valence-corrected chi connectivity index (χ1v) is 7.96. The van der Waals surface area contributed by atoms with E-state index in [0.29, 0.717) is 11.8 Å². The Morgan fingerprint density at radius 2 is 2.16 bits per heavy atom. The molecule has 0 bridgehead atoms. The van der Waals surface area contributed by atoms with Crippen molar-refractivity contribution in [2.45, 2.75) is 65.3 Å². The van der Waals surface area contributed by atoms with Crippen molar-refractivity contribution in [2.75, 3.05) is 19.7 Å². The molecule has 3 nitrogen and oxygen atoms in total. The SMILES string of the molecule is CCCC1CCC(=O)C(CN(CCCO)C(C)C)C1. The molecule has 1 saturated carbocycles. The number of hydrogen-bond donors (Lipinski definition) is 1. The summed E-state index contributed by atoms with van der Waals surface area (Å²) in [6.45, 7) is 8.60. The van der Waals surface area contributed by atoms with Crippen LogP contribution in [0.4, 0.5) is 0 Å². The van der Waals surface area contributed by atoms with E-state index < -0.39 is 0 Å². The summed E-state index contributed by atoms with van der Waals surface area (Å²) in [5.74, 6) is 1.44. The monoisotopic (exact) mass is 269 g/mol. The van der Waals surface area contributed by atoms with E-state index in [4.69, 9.17) is 5.11 Å². The van der Waals surface area contributed by atoms with Crippen LogP contribution in [0.5, 0.6) is 0 Å². The first-order valence-electron chi connectivity index (χ1n) is 7.96. The van der Waals surface area contributed by atoms with Crippen molar-refractivity contribution >= 4 is 5.78 Å². The largest absolute Gasteiger partial charge is 0.396 e. The average molecular weight is 269 g/mol. The summed E-state index contributed by atoms with van der Waals surface area (Å²) in [6, 6.07) is 0.450. The molecule has 112 valence electrons. The van der Waals surface area contributed by atoms with Crippen LogP contribution in [0.25, 0.3) is 0 Å². The molecule has 1 aliphatic carbocycles. The summed E-state index contributed by atoms with van der Waals surface area (Å²) in [7, 11) is 0. The van der Waals surface area contributed by atoms with E-state index in [0.717, 1.165) is 44.7 Å². The first-order chi connectivity index (χ1) is 9.08. The van der Waals surface area contributed by atoms with Crippen molar-refractivity contribution in [3.05, 3.63) is 0 Å². The Morgan fingerprint density at radius 1 is 1.42 bits per heavy atom. The van der Waals surface area contributed by atoms with Gasteiger partial charge in [0.15, 0.2) is 0 Å². The number of nitrogens with zero attached hydrogens (tertiary/aromatic N) is 1. The zero-order valence-corrected chi connectivity index (χ0v) is 12.9. The molecule has 0 spiro atoms. The summed E-state index contributed by atoms with van der Waals surface area (Å²) in [5, 5.41) is 8.97. The van der Waals surface area contributed by atoms with Crippen LogP contribution in [0.2, 0.25) is 0 Å². The minimum atomic E-state index is 0.228. The Morgan fingerprint density at radius 3 is 2.74 bits per heavy atom. The molecular formula is C16H31NO2. The lowest BCUT2D eigenvalue weighted by atomic mass is 9.78. The topological polar surface area (TPSA) is 40.5 Å². The zero-order valence-electron chi connectivity index (χ0n) is 12.9. The molecule has 0 aromatic carbocycles. The third kappa shape index (κ3) is 5.62. The summed E-state index contributed by atoms with van der Waals surface area (Å²) < 4.78 is 0. The zero-order chi connectivity index (χ0) is 14.3. The van der Waals surface area contributed by atoms with Crippen molar-refractivity contribution in [3.8, 4) is 0 Å². The second-order valence-electron chi connectivity index (χ2n) is 6.26. The van der Waals surface area contributed by atoms with E-state index in [9.17, 15) is 4.79 Å². The number of ketones is 1. The lowest BCUT2D eigenvalue weighted by molar-refractivity contribution is -0.126. The number of carbonyl (C=O) groups excluding carboxylic acids is 1. The predicted octanol–water partition coefficient (Wildman–Crippen LogP) is 2.86. The van der Waals surface area contributed by atoms with Crippen LogP contribution in [-0.4, -0.2) is 41.5 Å². The number of Topliss-reactive ketones (excluding diaryl/α,β-unsaturated/α-hetero) is 1. The molecular weight excluding hydrogens is 238 g/mol. The Bertz CT molecular complexity index is 265. The standard InChI is InChI=1S/C16H31NO2/c1-4-6-14-7-8-16(19)15(11-14)12-17(13(2)3)9-5-10-18/h13-15,18H,4-12H2,1-3H3. The van der Waals surface area contributed by atoms with Gasteiger partial charge in [-0.3, -0.25) is 4.79 Å². The van der Waals surface area contributed by atoms with Crippen LogP contribution in [0.15, 0.2) is 0 Å². The van der Waals surface area contributed by atoms with Gasteiger partial charge in [-0.1, -0.05) is 19.8 Å². The molecule has 2 atom stereocenters. The van der Waals surface area contributed by atoms with E-state index in [1.54, 1.807) is 0 Å². The predicted molar refractivity (Wildman–Crippen MR) is 79.2 cm³/mol. The molecule has 1 fully saturated rings. The highest BCUT2D eigenvalue weighted by molar-refractivity contribution is 5.81. The third-order valence-electron chi connectivity index (χ3n) is 4.36. The molecule has 1 N–H and O–H groups in total. The normalized spacial score (nSPS) is 24.4. The average Bonchev–Trinajstić information content (AvgIpc) is 2.38. The highest BCUT2D eigenvalue weighted by atomic mass is 16.3. The van der Waals surface area contributed by atoms with Gasteiger partial charge >= 0.3 is 0 Å². The summed E-state index contributed by atoms with van der Waals surface area (Å²) >= 11 is 0. The van der Waals surface area contributed by atoms with Gasteiger partial charge < -0.3 is 10.0 Å². The molecule has 0 saturated heterocycles. The van der Waals surface area contributed by atoms with E-state index in [1.165, 1.54) is 12.8 Å². The fraction of sp³-hybridized carbons (Fsp3) is 0.938. The summed E-state index contributed by atoms with van der Waals surface area (Å²) in [5.41, 5.74) is 0. The second kappa shape index (κ2) is 8.70. The Labute approximate surface area is 118 Å². The van der Waals surface area contributed by atoms with Crippen LogP contribution >= 0.6 is 0 Å². The summed E-state index contributed by atoms with van der Waals surface area (Å²) in [6.07, 6.45) is 6.25. The van der Waals surface area contributed by atoms with Crippen molar-refractivity contribution in [3.63, 3.8) is 0 Å². The van der Waals surface area contributed by atoms with Gasteiger partial charge in [-0.2, -0.15) is 0 Å². The lowest BCUT2D eigenvalue weighted by Crippen LogP contribution is -2.40. The lowest BCUT2D eigenvalue weighted by Gasteiger charge is -2.34. The molecule has 2 unspecified atom stereocenters. The Balaban J connectivity index is 2.52. The van der Waals surface area contributed by atoms with E-state index in [1.807, 2.05) is 0 Å². The fourth-order valence-corrected chi connectivity index (χ4v) is 3.17. The quantitative estimate of drug-likeness (QED) is 0.736. The van der Waals surface area contributed by atoms with Gasteiger partial charge in [0.1, 0.15) is 5.78 Å². The number of hydrogen-bond acceptors (Lipinski definition) is 3. The van der Waals surface area contributed by atoms with Gasteiger partial charge in [0.2, 0.25) is 0 Å². The molecule has 0 heterocycles. The highest BCUT2D eigenvalue weighted by Gasteiger charge is 2.30. The third-order valence-corrected chi connectivity index (χ3v) is 4.36. The maximum atomic E-state index is 12.1. The summed E-state index contributed by atoms with van der Waals surface area (Å²) in [4.78, 5) is 14.5. The smallest absolute Gasteiger partial charge is 0.137 e. The minimum Gasteiger partial charge on any atom is -0.396 e. The maximum absolute atomic E-state index is 12.1. The van der Waals surface area contributed by atoms with Crippen LogP contribution in [0, 0.1) is 11.8 Å². The van der Waals surface area contributed by atoms with Crippen LogP contribution in [-0.2, 0) is 4.79 Å². The van der Waals surface area contributed by atoms with Crippen molar-refractivity contribution in [2.24, 2.45) is 11.8 Å². The molecule has 0 aromatic heterocycles. The number of rotatable bonds is 8. The molecule has 0 aliphatic heterocycles. The van der Waals surface area contributed by atoms with E-state index in [-0.39, 0.29) is 12.5 Å². The molecule has 0 radical (unpaired) electrons. The molecule has 3 heteroatoms. The molecule has 0 amide bonds. The van der Waals surface area contributed by atoms with Gasteiger partial charge in [-0.05, 0) is 39.0 Å². The van der Waals surface area contributed by atoms with Crippen molar-refractivity contribution in [1.82, 2.24) is 4.90 Å². The van der Waals surface area contributed by atoms with E-state index in [2.05, 4.69) is 25.7 Å². The number of aliphatic hydroxyl groups excluding tert-OH is 1. The van der Waals surface area contributed by atoms with Crippen LogP contribution < -0.4 is 0 Å². The maximum Gasteiger partial charge on any atom is 0.137 e. The highest BCUT2D eigenvalue weighted by Crippen LogP contribution is 2.30. The van der Waals surface area contributed by atoms with E-state index >= 15 is 0 Å². The van der Waals surface area contributed by atoms with Crippen LogP contribution in [0.3, 0.4) is 0 Å². The number of carbonyl (C=O) groups is 1. The molecule has 1 rings (SSSR count).